The molecule has 0 atom stereocenters. The molecular weight excluding hydrogens is 242 g/mol. The van der Waals surface area contributed by atoms with Crippen LogP contribution in [-0.4, -0.2) is 32.7 Å². The first-order valence-corrected chi connectivity index (χ1v) is 6.12. The fraction of sp³-hybridized carbons (Fsp3) is 0.357. The lowest BCUT2D eigenvalue weighted by Crippen LogP contribution is -2.18. The fourth-order valence-electron chi connectivity index (χ4n) is 1.50. The molecule has 104 valence electrons. The van der Waals surface area contributed by atoms with Gasteiger partial charge in [0.1, 0.15) is 0 Å². The van der Waals surface area contributed by atoms with Crippen LogP contribution in [0.1, 0.15) is 17.3 Å². The molecule has 1 rings (SSSR count). The first kappa shape index (κ1) is 15.0. The van der Waals surface area contributed by atoms with Crippen LogP contribution in [0.2, 0.25) is 0 Å². The fourth-order valence-corrected chi connectivity index (χ4v) is 1.50. The number of carbonyl (C=O) groups excluding carboxylic acids is 1. The normalized spacial score (nSPS) is 10.0. The van der Waals surface area contributed by atoms with Crippen molar-refractivity contribution in [1.82, 2.24) is 5.32 Å². The maximum Gasteiger partial charge on any atom is 0.251 e. The van der Waals surface area contributed by atoms with E-state index in [1.807, 2.05) is 6.92 Å². The van der Waals surface area contributed by atoms with Crippen LogP contribution in [0, 0.1) is 0 Å². The van der Waals surface area contributed by atoms with Crippen LogP contribution < -0.4 is 16.4 Å². The predicted molar refractivity (Wildman–Crippen MR) is 78.4 cm³/mol. The van der Waals surface area contributed by atoms with E-state index >= 15 is 0 Å². The molecule has 0 aromatic heterocycles. The van der Waals surface area contributed by atoms with E-state index in [-0.39, 0.29) is 5.91 Å². The molecule has 0 aliphatic rings. The van der Waals surface area contributed by atoms with E-state index in [4.69, 9.17) is 10.5 Å². The Balaban J connectivity index is 2.52. The second-order valence-corrected chi connectivity index (χ2v) is 4.32. The molecule has 1 amide bonds. The zero-order valence-electron chi connectivity index (χ0n) is 11.5. The molecule has 0 fully saturated rings. The van der Waals surface area contributed by atoms with Crippen LogP contribution in [0.15, 0.2) is 30.4 Å². The molecule has 0 bridgehead atoms. The molecule has 0 heterocycles. The minimum absolute atomic E-state index is 0.137. The lowest BCUT2D eigenvalue weighted by Gasteiger charge is -2.11. The van der Waals surface area contributed by atoms with Crippen molar-refractivity contribution < 1.29 is 9.53 Å². The molecule has 0 aliphatic heterocycles. The van der Waals surface area contributed by atoms with E-state index in [1.165, 1.54) is 0 Å². The van der Waals surface area contributed by atoms with Crippen molar-refractivity contribution >= 4 is 17.3 Å². The van der Waals surface area contributed by atoms with Gasteiger partial charge in [-0.15, -0.1) is 0 Å². The molecule has 0 aliphatic carbocycles. The van der Waals surface area contributed by atoms with E-state index in [9.17, 15) is 4.79 Å². The molecule has 1 aromatic rings. The first-order chi connectivity index (χ1) is 9.04. The van der Waals surface area contributed by atoms with Gasteiger partial charge in [-0.05, 0) is 25.1 Å². The minimum atomic E-state index is -0.137. The average Bonchev–Trinajstić information content (AvgIpc) is 2.39. The predicted octanol–water partition coefficient (Wildman–Crippen LogP) is 1.63. The summed E-state index contributed by atoms with van der Waals surface area (Å²) in [6.07, 6.45) is 0. The molecule has 4 N–H and O–H groups in total. The van der Waals surface area contributed by atoms with Crippen LogP contribution in [0.25, 0.3) is 0 Å². The van der Waals surface area contributed by atoms with Gasteiger partial charge in [-0.25, -0.2) is 0 Å². The summed E-state index contributed by atoms with van der Waals surface area (Å²) in [6, 6.07) is 5.13. The summed E-state index contributed by atoms with van der Waals surface area (Å²) < 4.78 is 5.37. The summed E-state index contributed by atoms with van der Waals surface area (Å²) in [5, 5.41) is 5.72. The van der Waals surface area contributed by atoms with Gasteiger partial charge >= 0.3 is 0 Å². The van der Waals surface area contributed by atoms with Gasteiger partial charge in [0.15, 0.2) is 0 Å². The Hall–Kier alpha value is -2.01. The van der Waals surface area contributed by atoms with Gasteiger partial charge in [-0.3, -0.25) is 4.79 Å². The van der Waals surface area contributed by atoms with E-state index < -0.39 is 0 Å². The van der Waals surface area contributed by atoms with Gasteiger partial charge in [0.25, 0.3) is 5.91 Å². The molecule has 0 radical (unpaired) electrons. The van der Waals surface area contributed by atoms with Crippen LogP contribution in [-0.2, 0) is 4.74 Å². The summed E-state index contributed by atoms with van der Waals surface area (Å²) >= 11 is 0. The van der Waals surface area contributed by atoms with Crippen molar-refractivity contribution in [1.29, 1.82) is 0 Å². The van der Waals surface area contributed by atoms with Crippen molar-refractivity contribution in [3.8, 4) is 0 Å². The van der Waals surface area contributed by atoms with Gasteiger partial charge < -0.3 is 21.1 Å². The highest BCUT2D eigenvalue weighted by Gasteiger charge is 2.06. The Morgan fingerprint density at radius 2 is 2.21 bits per heavy atom. The number of nitrogens with two attached hydrogens (primary N) is 1. The van der Waals surface area contributed by atoms with Gasteiger partial charge in [-0.2, -0.15) is 0 Å². The number of nitrogens with one attached hydrogen (secondary N) is 2. The lowest BCUT2D eigenvalue weighted by molar-refractivity contribution is 0.0963. The second kappa shape index (κ2) is 7.43. The number of carbonyl (C=O) groups is 1. The third kappa shape index (κ3) is 5.01. The largest absolute Gasteiger partial charge is 0.397 e. The molecule has 0 spiro atoms. The summed E-state index contributed by atoms with van der Waals surface area (Å²) in [5.41, 5.74) is 8.74. The highest BCUT2D eigenvalue weighted by Crippen LogP contribution is 2.19. The van der Waals surface area contributed by atoms with E-state index in [0.29, 0.717) is 31.0 Å². The summed E-state index contributed by atoms with van der Waals surface area (Å²) in [5.74, 6) is -0.137. The number of nitrogen functional groups attached to an aromatic ring is 1. The topological polar surface area (TPSA) is 76.4 Å². The second-order valence-electron chi connectivity index (χ2n) is 4.32. The van der Waals surface area contributed by atoms with Crippen molar-refractivity contribution in [2.45, 2.75) is 6.92 Å². The van der Waals surface area contributed by atoms with E-state index in [2.05, 4.69) is 17.2 Å². The maximum atomic E-state index is 11.5. The monoisotopic (exact) mass is 263 g/mol. The van der Waals surface area contributed by atoms with Crippen molar-refractivity contribution in [3.63, 3.8) is 0 Å². The third-order valence-corrected chi connectivity index (χ3v) is 2.45. The number of hydrogen-bond donors (Lipinski definition) is 3. The molecule has 19 heavy (non-hydrogen) atoms. The number of rotatable bonds is 7. The zero-order chi connectivity index (χ0) is 14.3. The smallest absolute Gasteiger partial charge is 0.251 e. The Morgan fingerprint density at radius 3 is 2.84 bits per heavy atom. The van der Waals surface area contributed by atoms with Crippen LogP contribution in [0.3, 0.4) is 0 Å². The molecule has 5 nitrogen and oxygen atoms in total. The van der Waals surface area contributed by atoms with Gasteiger partial charge in [0.2, 0.25) is 0 Å². The van der Waals surface area contributed by atoms with Gasteiger partial charge in [0, 0.05) is 19.2 Å². The van der Waals surface area contributed by atoms with Gasteiger partial charge in [-0.1, -0.05) is 12.2 Å². The molecule has 5 heteroatoms. The number of amides is 1. The summed E-state index contributed by atoms with van der Waals surface area (Å²) in [4.78, 5) is 11.5. The number of ether oxygens (including phenoxy) is 1. The van der Waals surface area contributed by atoms with Crippen LogP contribution in [0.4, 0.5) is 11.4 Å². The summed E-state index contributed by atoms with van der Waals surface area (Å²) in [6.45, 7) is 7.39. The number of hydrogen-bond acceptors (Lipinski definition) is 4. The van der Waals surface area contributed by atoms with Crippen molar-refractivity contribution in [2.24, 2.45) is 0 Å². The average molecular weight is 263 g/mol. The Kier molecular flexibility index (Phi) is 5.89. The Labute approximate surface area is 113 Å². The number of anilines is 2. The van der Waals surface area contributed by atoms with Crippen molar-refractivity contribution in [2.75, 3.05) is 37.9 Å². The molecular formula is C14H21N3O2. The molecule has 0 unspecified atom stereocenters. The van der Waals surface area contributed by atoms with Crippen molar-refractivity contribution in [3.05, 3.63) is 35.9 Å². The van der Waals surface area contributed by atoms with Gasteiger partial charge in [0.05, 0.1) is 24.6 Å². The highest BCUT2D eigenvalue weighted by atomic mass is 16.5. The minimum Gasteiger partial charge on any atom is -0.397 e. The number of benzene rings is 1. The quantitative estimate of drug-likeness (QED) is 0.397. The molecule has 0 saturated heterocycles. The highest BCUT2D eigenvalue weighted by molar-refractivity contribution is 5.96. The first-order valence-electron chi connectivity index (χ1n) is 6.12. The van der Waals surface area contributed by atoms with Crippen LogP contribution >= 0.6 is 0 Å². The van der Waals surface area contributed by atoms with E-state index in [1.54, 1.807) is 25.2 Å². The Morgan fingerprint density at radius 1 is 1.47 bits per heavy atom. The standard InChI is InChI=1S/C14H21N3O2/c1-10(2)9-19-7-6-17-13-8-11(14(18)16-3)4-5-12(13)15/h4-5,8,17H,1,6-7,9,15H2,2-3H3,(H,16,18). The SMILES string of the molecule is C=C(C)COCCNc1cc(C(=O)NC)ccc1N. The van der Waals surface area contributed by atoms with E-state index in [0.717, 1.165) is 11.3 Å². The summed E-state index contributed by atoms with van der Waals surface area (Å²) in [7, 11) is 1.59. The maximum absolute atomic E-state index is 11.5. The van der Waals surface area contributed by atoms with Crippen LogP contribution in [0.5, 0.6) is 0 Å². The third-order valence-electron chi connectivity index (χ3n) is 2.45. The Bertz CT molecular complexity index is 458. The zero-order valence-corrected chi connectivity index (χ0v) is 11.5. The molecule has 0 saturated carbocycles. The molecule has 1 aromatic carbocycles. The lowest BCUT2D eigenvalue weighted by atomic mass is 10.1.